The highest BCUT2D eigenvalue weighted by molar-refractivity contribution is 7.90. The first kappa shape index (κ1) is 19.2. The minimum absolute atomic E-state index is 0.0333. The van der Waals surface area contributed by atoms with Gasteiger partial charge in [0.1, 0.15) is 0 Å². The van der Waals surface area contributed by atoms with E-state index in [2.05, 4.69) is 0 Å². The number of amides is 1. The molecule has 1 aromatic heterocycles. The molecule has 5 nitrogen and oxygen atoms in total. The van der Waals surface area contributed by atoms with Gasteiger partial charge in [-0.05, 0) is 35.9 Å². The minimum atomic E-state index is -3.57. The van der Waals surface area contributed by atoms with Crippen LogP contribution in [0.2, 0.25) is 5.02 Å². The number of sulfone groups is 1. The van der Waals surface area contributed by atoms with E-state index in [9.17, 15) is 13.2 Å². The van der Waals surface area contributed by atoms with Crippen molar-refractivity contribution < 1.29 is 17.6 Å². The number of carbonyl (C=O) groups is 1. The average Bonchev–Trinajstić information content (AvgIpc) is 3.11. The molecule has 140 valence electrons. The number of halogens is 1. The molecule has 1 amide bonds. The molecule has 0 atom stereocenters. The third-order valence-electron chi connectivity index (χ3n) is 4.07. The first-order valence-corrected chi connectivity index (χ1v) is 10.2. The molecule has 0 spiro atoms. The number of nitrogens with zero attached hydrogens (tertiary/aromatic N) is 1. The van der Waals surface area contributed by atoms with Crippen LogP contribution in [-0.4, -0.2) is 26.3 Å². The van der Waals surface area contributed by atoms with Crippen molar-refractivity contribution in [3.05, 3.63) is 88.8 Å². The third-order valence-corrected chi connectivity index (χ3v) is 6.00. The quantitative estimate of drug-likeness (QED) is 0.619. The lowest BCUT2D eigenvalue weighted by molar-refractivity contribution is 0.0752. The Morgan fingerprint density at radius 1 is 1.04 bits per heavy atom. The molecule has 0 unspecified atom stereocenters. The van der Waals surface area contributed by atoms with Gasteiger partial charge in [0.05, 0.1) is 16.9 Å². The zero-order valence-corrected chi connectivity index (χ0v) is 16.2. The summed E-state index contributed by atoms with van der Waals surface area (Å²) >= 11 is 5.87. The van der Waals surface area contributed by atoms with Gasteiger partial charge in [0, 0.05) is 24.2 Å². The van der Waals surface area contributed by atoms with Crippen molar-refractivity contribution in [1.29, 1.82) is 0 Å². The number of carbonyl (C=O) groups excluding carboxylic acids is 1. The number of hydrogen-bond donors (Lipinski definition) is 0. The number of benzene rings is 2. The van der Waals surface area contributed by atoms with Crippen LogP contribution in [0.15, 0.2) is 76.2 Å². The van der Waals surface area contributed by atoms with Crippen LogP contribution >= 0.6 is 11.6 Å². The van der Waals surface area contributed by atoms with Gasteiger partial charge in [0.2, 0.25) is 0 Å². The summed E-state index contributed by atoms with van der Waals surface area (Å²) in [5, 5.41) is 0.618. The van der Waals surface area contributed by atoms with Gasteiger partial charge in [0.25, 0.3) is 5.91 Å². The van der Waals surface area contributed by atoms with Crippen LogP contribution in [0, 0.1) is 0 Å². The molecule has 0 aliphatic heterocycles. The number of furan rings is 1. The van der Waals surface area contributed by atoms with Gasteiger partial charge in [-0.15, -0.1) is 0 Å². The van der Waals surface area contributed by atoms with Gasteiger partial charge < -0.3 is 9.32 Å². The fourth-order valence-electron chi connectivity index (χ4n) is 2.66. The fraction of sp³-hybridized carbons (Fsp3) is 0.150. The van der Waals surface area contributed by atoms with E-state index in [1.807, 2.05) is 12.1 Å². The minimum Gasteiger partial charge on any atom is -0.459 e. The van der Waals surface area contributed by atoms with Crippen molar-refractivity contribution in [1.82, 2.24) is 4.90 Å². The normalized spacial score (nSPS) is 11.3. The van der Waals surface area contributed by atoms with E-state index in [4.69, 9.17) is 16.0 Å². The van der Waals surface area contributed by atoms with Crippen molar-refractivity contribution in [3.8, 4) is 0 Å². The molecule has 2 aromatic carbocycles. The van der Waals surface area contributed by atoms with E-state index in [0.29, 0.717) is 17.1 Å². The maximum atomic E-state index is 12.7. The first-order valence-electron chi connectivity index (χ1n) is 8.21. The maximum absolute atomic E-state index is 12.7. The lowest BCUT2D eigenvalue weighted by Crippen LogP contribution is -2.27. The Kier molecular flexibility index (Phi) is 5.68. The van der Waals surface area contributed by atoms with Gasteiger partial charge in [-0.1, -0.05) is 41.9 Å². The van der Waals surface area contributed by atoms with E-state index in [-0.39, 0.29) is 22.3 Å². The van der Waals surface area contributed by atoms with Crippen LogP contribution in [0.5, 0.6) is 0 Å². The lowest BCUT2D eigenvalue weighted by atomic mass is 10.2. The molecule has 0 N–H and O–H groups in total. The molecule has 0 aliphatic rings. The molecule has 7 heteroatoms. The van der Waals surface area contributed by atoms with Crippen molar-refractivity contribution in [2.45, 2.75) is 17.2 Å². The largest absolute Gasteiger partial charge is 0.459 e. The highest BCUT2D eigenvalue weighted by Crippen LogP contribution is 2.21. The summed E-state index contributed by atoms with van der Waals surface area (Å²) in [6.45, 7) is 0.349. The Morgan fingerprint density at radius 2 is 1.70 bits per heavy atom. The molecule has 0 aliphatic carbocycles. The topological polar surface area (TPSA) is 67.6 Å². The van der Waals surface area contributed by atoms with Crippen LogP contribution in [0.25, 0.3) is 0 Å². The van der Waals surface area contributed by atoms with Gasteiger partial charge in [-0.25, -0.2) is 8.42 Å². The lowest BCUT2D eigenvalue weighted by Gasteiger charge is -2.17. The SMILES string of the molecule is CN(Cc1ccc(Cl)cc1)C(=O)c1occc1CS(=O)(=O)c1ccccc1. The molecular formula is C20H18ClNO4S. The Bertz CT molecular complexity index is 1030. The monoisotopic (exact) mass is 403 g/mol. The second-order valence-corrected chi connectivity index (χ2v) is 8.56. The molecule has 0 fully saturated rings. The smallest absolute Gasteiger partial charge is 0.289 e. The van der Waals surface area contributed by atoms with Crippen molar-refractivity contribution >= 4 is 27.3 Å². The Hall–Kier alpha value is -2.57. The highest BCUT2D eigenvalue weighted by Gasteiger charge is 2.24. The van der Waals surface area contributed by atoms with E-state index in [1.165, 1.54) is 29.4 Å². The summed E-state index contributed by atoms with van der Waals surface area (Å²) in [5.74, 6) is -0.650. The fourth-order valence-corrected chi connectivity index (χ4v) is 4.16. The summed E-state index contributed by atoms with van der Waals surface area (Å²) in [6.07, 6.45) is 1.33. The van der Waals surface area contributed by atoms with Gasteiger partial charge in [-0.3, -0.25) is 4.79 Å². The van der Waals surface area contributed by atoms with Crippen LogP contribution in [-0.2, 0) is 22.1 Å². The molecule has 0 saturated heterocycles. The van der Waals surface area contributed by atoms with Gasteiger partial charge in [-0.2, -0.15) is 0 Å². The molecular weight excluding hydrogens is 386 g/mol. The van der Waals surface area contributed by atoms with Gasteiger partial charge >= 0.3 is 0 Å². The van der Waals surface area contributed by atoms with E-state index >= 15 is 0 Å². The average molecular weight is 404 g/mol. The standard InChI is InChI=1S/C20H18ClNO4S/c1-22(13-15-7-9-17(21)10-8-15)20(23)19-16(11-12-26-19)14-27(24,25)18-5-3-2-4-6-18/h2-12H,13-14H2,1H3. The molecule has 27 heavy (non-hydrogen) atoms. The van der Waals surface area contributed by atoms with E-state index in [1.54, 1.807) is 37.4 Å². The maximum Gasteiger partial charge on any atom is 0.289 e. The highest BCUT2D eigenvalue weighted by atomic mass is 35.5. The number of rotatable bonds is 6. The zero-order valence-electron chi connectivity index (χ0n) is 14.6. The van der Waals surface area contributed by atoms with Gasteiger partial charge in [0.15, 0.2) is 15.6 Å². The molecule has 1 heterocycles. The van der Waals surface area contributed by atoms with Crippen LogP contribution < -0.4 is 0 Å². The summed E-state index contributed by atoms with van der Waals surface area (Å²) in [4.78, 5) is 14.4. The Labute approximate surface area is 163 Å². The predicted molar refractivity (Wildman–Crippen MR) is 103 cm³/mol. The second kappa shape index (κ2) is 7.98. The molecule has 0 saturated carbocycles. The van der Waals surface area contributed by atoms with E-state index < -0.39 is 9.84 Å². The zero-order chi connectivity index (χ0) is 19.4. The molecule has 3 rings (SSSR count). The summed E-state index contributed by atoms with van der Waals surface area (Å²) in [6, 6.07) is 16.8. The van der Waals surface area contributed by atoms with Crippen molar-refractivity contribution in [2.24, 2.45) is 0 Å². The van der Waals surface area contributed by atoms with Crippen LogP contribution in [0.4, 0.5) is 0 Å². The van der Waals surface area contributed by atoms with Crippen LogP contribution in [0.3, 0.4) is 0 Å². The summed E-state index contributed by atoms with van der Waals surface area (Å²) < 4.78 is 30.5. The molecule has 0 radical (unpaired) electrons. The molecule has 3 aromatic rings. The summed E-state index contributed by atoms with van der Waals surface area (Å²) in [5.41, 5.74) is 1.24. The van der Waals surface area contributed by atoms with Crippen molar-refractivity contribution in [3.63, 3.8) is 0 Å². The molecule has 0 bridgehead atoms. The van der Waals surface area contributed by atoms with Crippen LogP contribution in [0.1, 0.15) is 21.7 Å². The Morgan fingerprint density at radius 3 is 2.37 bits per heavy atom. The third kappa shape index (κ3) is 4.59. The first-order chi connectivity index (χ1) is 12.9. The number of hydrogen-bond acceptors (Lipinski definition) is 4. The van der Waals surface area contributed by atoms with E-state index in [0.717, 1.165) is 5.56 Å². The van der Waals surface area contributed by atoms with Crippen molar-refractivity contribution in [2.75, 3.05) is 7.05 Å². The predicted octanol–water partition coefficient (Wildman–Crippen LogP) is 4.18. The second-order valence-electron chi connectivity index (χ2n) is 6.13. The Balaban J connectivity index is 1.77. The summed E-state index contributed by atoms with van der Waals surface area (Å²) in [7, 11) is -1.94.